The van der Waals surface area contributed by atoms with Crippen molar-refractivity contribution >= 4 is 56.0 Å². The van der Waals surface area contributed by atoms with Crippen molar-refractivity contribution in [3.05, 3.63) is 48.1 Å². The number of fused-ring (bicyclic) bond motifs is 1. The Balaban J connectivity index is 1.46. The number of anilines is 2. The second-order valence-corrected chi connectivity index (χ2v) is 17.2. The van der Waals surface area contributed by atoms with Crippen LogP contribution in [-0.4, -0.2) is 158 Å². The van der Waals surface area contributed by atoms with E-state index in [0.29, 0.717) is 0 Å². The molecule has 60 heavy (non-hydrogen) atoms. The molecule has 3 aromatic heterocycles. The molecule has 9 N–H and O–H groups in total. The maximum Gasteiger partial charge on any atom is 0.469 e. The second-order valence-electron chi connectivity index (χ2n) is 13.9. The molecule has 10 atom stereocenters. The van der Waals surface area contributed by atoms with E-state index in [1.165, 1.54) is 43.0 Å². The van der Waals surface area contributed by atoms with Crippen LogP contribution in [0.5, 0.6) is 0 Å². The summed E-state index contributed by atoms with van der Waals surface area (Å²) >= 11 is 0. The van der Waals surface area contributed by atoms with Gasteiger partial charge >= 0.3 is 27.1 Å². The van der Waals surface area contributed by atoms with E-state index in [4.69, 9.17) is 30.2 Å². The van der Waals surface area contributed by atoms with Crippen molar-refractivity contribution in [3.8, 4) is 0 Å². The quantitative estimate of drug-likeness (QED) is 0.0413. The number of nitrogens with two attached hydrogens (primary N) is 2. The Morgan fingerprint density at radius 2 is 1.63 bits per heavy atom. The number of ether oxygens (including phenoxy) is 3. The maximum atomic E-state index is 14.1. The van der Waals surface area contributed by atoms with Gasteiger partial charge in [-0.25, -0.2) is 29.1 Å². The molecule has 330 valence electrons. The molecular weight excluding hydrogens is 842 g/mol. The van der Waals surface area contributed by atoms with E-state index in [0.717, 1.165) is 28.1 Å². The number of phosphoric ester groups is 1. The molecule has 2 aliphatic heterocycles. The lowest BCUT2D eigenvalue weighted by atomic mass is 10.1. The Hall–Kier alpha value is -4.72. The first-order chi connectivity index (χ1) is 28.1. The number of aliphatic hydroxyl groups is 2. The Morgan fingerprint density at radius 1 is 0.967 bits per heavy atom. The van der Waals surface area contributed by atoms with E-state index >= 15 is 0 Å². The molecule has 2 fully saturated rings. The van der Waals surface area contributed by atoms with Crippen LogP contribution in [-0.2, 0) is 46.8 Å². The summed E-state index contributed by atoms with van der Waals surface area (Å²) < 4.78 is 55.1. The van der Waals surface area contributed by atoms with Crippen molar-refractivity contribution in [2.24, 2.45) is 0 Å². The summed E-state index contributed by atoms with van der Waals surface area (Å²) in [4.78, 5) is 100. The molecule has 2 unspecified atom stereocenters. The van der Waals surface area contributed by atoms with E-state index in [1.54, 1.807) is 0 Å². The van der Waals surface area contributed by atoms with E-state index < -0.39 is 101 Å². The van der Waals surface area contributed by atoms with E-state index in [-0.39, 0.29) is 54.4 Å². The monoisotopic (exact) mass is 888 g/mol. The minimum atomic E-state index is -5.30. The molecule has 2 amide bonds. The molecule has 2 saturated heterocycles. The number of carbonyl (C=O) groups excluding carboxylic acids is 3. The first kappa shape index (κ1) is 46.3. The molecule has 28 heteroatoms. The van der Waals surface area contributed by atoms with Gasteiger partial charge in [0.15, 0.2) is 30.0 Å². The topological polar surface area (TPSA) is 370 Å². The standard InChI is InChI=1S/C32H46N10O16P2/c1-5-6-7-21(44)40(4)16(8-9-20(43)39(2)3)31(47)58-25-17(56-29(23(25)45)42-15-37-22-27(34)35-14-36-28(22)42)12-54-59(49,50)26-18(13-55-60(51,52)53)57-30(24(26)46)41-11-10-19(33)38-32(41)48/h5,10-11,14-18,23-26,29-30,45-46H,1,6-9,12-13H2,2-4H3,(H,49,50)(H2,33,38,48)(H2,34,35,36)(H2,51,52,53)/t16-,17?,18+,23+,24+,25+,26+,29+,30+/m0/s1. The fourth-order valence-corrected chi connectivity index (χ4v) is 8.57. The number of aliphatic hydroxyl groups excluding tert-OH is 2. The highest BCUT2D eigenvalue weighted by atomic mass is 31.2. The van der Waals surface area contributed by atoms with Crippen LogP contribution in [0.25, 0.3) is 11.2 Å². The molecule has 3 aromatic rings. The summed E-state index contributed by atoms with van der Waals surface area (Å²) in [5, 5.41) is 23.0. The van der Waals surface area contributed by atoms with Crippen molar-refractivity contribution in [2.45, 2.75) is 80.4 Å². The van der Waals surface area contributed by atoms with Crippen LogP contribution < -0.4 is 17.2 Å². The second kappa shape index (κ2) is 18.9. The van der Waals surface area contributed by atoms with Gasteiger partial charge < -0.3 is 64.9 Å². The van der Waals surface area contributed by atoms with Gasteiger partial charge in [-0.1, -0.05) is 6.08 Å². The van der Waals surface area contributed by atoms with Gasteiger partial charge in [-0.3, -0.25) is 27.8 Å². The number of likely N-dealkylation sites (N-methyl/N-ethyl adjacent to an activating group) is 1. The van der Waals surface area contributed by atoms with Crippen molar-refractivity contribution in [1.29, 1.82) is 0 Å². The number of phosphoric acid groups is 1. The van der Waals surface area contributed by atoms with Crippen LogP contribution in [0.2, 0.25) is 0 Å². The number of carbonyl (C=O) groups is 3. The van der Waals surface area contributed by atoms with Crippen LogP contribution in [0.1, 0.15) is 38.1 Å². The Bertz CT molecular complexity index is 2220. The molecule has 26 nitrogen and oxygen atoms in total. The molecule has 5 heterocycles. The lowest BCUT2D eigenvalue weighted by Crippen LogP contribution is -2.47. The Morgan fingerprint density at radius 3 is 2.28 bits per heavy atom. The van der Waals surface area contributed by atoms with Gasteiger partial charge in [-0.15, -0.1) is 6.58 Å². The van der Waals surface area contributed by atoms with Gasteiger partial charge in [0.05, 0.1) is 19.5 Å². The van der Waals surface area contributed by atoms with Crippen LogP contribution in [0.15, 0.2) is 42.4 Å². The van der Waals surface area contributed by atoms with E-state index in [1.807, 2.05) is 0 Å². The zero-order valence-electron chi connectivity index (χ0n) is 32.4. The van der Waals surface area contributed by atoms with Crippen molar-refractivity contribution in [2.75, 3.05) is 45.8 Å². The number of imidazole rings is 1. The maximum absolute atomic E-state index is 14.1. The number of allylic oxidation sites excluding steroid dienone is 1. The largest absolute Gasteiger partial charge is 0.469 e. The first-order valence-electron chi connectivity index (χ1n) is 18.0. The number of amides is 2. The van der Waals surface area contributed by atoms with Gasteiger partial charge in [0, 0.05) is 40.2 Å². The van der Waals surface area contributed by atoms with Crippen molar-refractivity contribution < 1.29 is 71.7 Å². The highest BCUT2D eigenvalue weighted by Gasteiger charge is 2.56. The third kappa shape index (κ3) is 10.4. The zero-order chi connectivity index (χ0) is 44.3. The van der Waals surface area contributed by atoms with Gasteiger partial charge in [0.2, 0.25) is 11.8 Å². The van der Waals surface area contributed by atoms with Gasteiger partial charge in [-0.05, 0) is 18.9 Å². The number of hydrogen-bond donors (Lipinski definition) is 7. The predicted octanol–water partition coefficient (Wildman–Crippen LogP) is -1.98. The molecule has 0 aliphatic carbocycles. The molecule has 0 spiro atoms. The molecule has 5 rings (SSSR count). The summed E-state index contributed by atoms with van der Waals surface area (Å²) in [6.45, 7) is 1.53. The molecule has 0 saturated carbocycles. The van der Waals surface area contributed by atoms with Gasteiger partial charge in [-0.2, -0.15) is 4.98 Å². The van der Waals surface area contributed by atoms with Crippen molar-refractivity contribution in [1.82, 2.24) is 38.9 Å². The van der Waals surface area contributed by atoms with Crippen LogP contribution in [0.3, 0.4) is 0 Å². The zero-order valence-corrected chi connectivity index (χ0v) is 34.2. The number of aromatic nitrogens is 6. The fraction of sp³-hybridized carbons (Fsp3) is 0.562. The van der Waals surface area contributed by atoms with Gasteiger partial charge in [0.1, 0.15) is 53.8 Å². The van der Waals surface area contributed by atoms with Crippen molar-refractivity contribution in [3.63, 3.8) is 0 Å². The Kier molecular flexibility index (Phi) is 14.6. The molecule has 0 radical (unpaired) electrons. The summed E-state index contributed by atoms with van der Waals surface area (Å²) in [6, 6.07) is -0.223. The highest BCUT2D eigenvalue weighted by Crippen LogP contribution is 2.56. The Labute approximate surface area is 340 Å². The van der Waals surface area contributed by atoms with E-state index in [9.17, 15) is 53.2 Å². The number of nitrogens with zero attached hydrogens (tertiary/aromatic N) is 8. The number of rotatable bonds is 18. The third-order valence-electron chi connectivity index (χ3n) is 9.72. The molecule has 2 aliphatic rings. The summed E-state index contributed by atoms with van der Waals surface area (Å²) in [6.07, 6.45) is -7.63. The SMILES string of the molecule is C=CCCC(=O)N(C)[C@@H](CCC(=O)N(C)C)C(=O)O[C@@H]1C(COP(=O)(O)[C@H]2[C@@H](O)[C@H](n3ccc(N)nc3=O)O[C@@H]2COP(=O)(O)O)O[C@@H](n2cnc3c(N)ncnc32)[C@@H]1O. The third-order valence-corrected chi connectivity index (χ3v) is 12.1. The lowest BCUT2D eigenvalue weighted by molar-refractivity contribution is -0.165. The normalized spacial score (nSPS) is 25.7. The molecule has 0 aromatic carbocycles. The average molecular weight is 889 g/mol. The smallest absolute Gasteiger partial charge is 0.455 e. The molecule has 0 bridgehead atoms. The number of hydrogen-bond acceptors (Lipinski definition) is 19. The highest BCUT2D eigenvalue weighted by molar-refractivity contribution is 7.53. The summed E-state index contributed by atoms with van der Waals surface area (Å²) in [7, 11) is -6.18. The number of nitrogen functional groups attached to an aromatic ring is 2. The minimum Gasteiger partial charge on any atom is -0.455 e. The summed E-state index contributed by atoms with van der Waals surface area (Å²) in [5.74, 6) is -2.19. The van der Waals surface area contributed by atoms with Crippen LogP contribution in [0.4, 0.5) is 11.6 Å². The van der Waals surface area contributed by atoms with Crippen LogP contribution >= 0.6 is 15.4 Å². The minimum absolute atomic E-state index is 0.0282. The first-order valence-corrected chi connectivity index (χ1v) is 21.2. The van der Waals surface area contributed by atoms with E-state index in [2.05, 4.69) is 31.0 Å². The predicted molar refractivity (Wildman–Crippen MR) is 204 cm³/mol. The van der Waals surface area contributed by atoms with Gasteiger partial charge in [0.25, 0.3) is 0 Å². The molecular formula is C32H46N10O16P2. The average Bonchev–Trinajstić information content (AvgIpc) is 3.85. The fourth-order valence-electron chi connectivity index (χ4n) is 6.58. The summed E-state index contributed by atoms with van der Waals surface area (Å²) in [5.41, 5.74) is 8.55. The number of esters is 1. The van der Waals surface area contributed by atoms with Crippen LogP contribution in [0, 0.1) is 0 Å². The lowest BCUT2D eigenvalue weighted by Gasteiger charge is -2.30.